The molecule has 1 unspecified atom stereocenters. The van der Waals surface area contributed by atoms with Crippen LogP contribution in [0.4, 0.5) is 5.69 Å². The maximum absolute atomic E-state index is 13.9. The molecular weight excluding hydrogens is 581 g/mol. The fourth-order valence-electron chi connectivity index (χ4n) is 4.67. The summed E-state index contributed by atoms with van der Waals surface area (Å²) in [6, 6.07) is 19.4. The largest absolute Gasteiger partial charge is 0.355 e. The Morgan fingerprint density at radius 2 is 1.61 bits per heavy atom. The summed E-state index contributed by atoms with van der Waals surface area (Å²) in [7, 11) is -3.60. The zero-order valence-corrected chi connectivity index (χ0v) is 26.2. The predicted octanol–water partition coefficient (Wildman–Crippen LogP) is 5.93. The van der Waals surface area contributed by atoms with E-state index in [1.54, 1.807) is 18.2 Å². The maximum Gasteiger partial charge on any atom is 0.243 e. The minimum Gasteiger partial charge on any atom is -0.355 e. The first-order valence-corrected chi connectivity index (χ1v) is 16.1. The number of benzene rings is 3. The molecule has 0 spiro atoms. The molecule has 1 atom stereocenters. The number of anilines is 1. The molecular formula is C31H37Cl2N3O4S. The molecule has 0 fully saturated rings. The molecule has 3 rings (SSSR count). The summed E-state index contributed by atoms with van der Waals surface area (Å²) >= 11 is 13.0. The molecule has 0 saturated heterocycles. The van der Waals surface area contributed by atoms with Crippen molar-refractivity contribution in [3.8, 4) is 0 Å². The first-order valence-electron chi connectivity index (χ1n) is 13.5. The van der Waals surface area contributed by atoms with Gasteiger partial charge in [-0.05, 0) is 62.1 Å². The van der Waals surface area contributed by atoms with E-state index in [9.17, 15) is 18.0 Å². The lowest BCUT2D eigenvalue weighted by atomic mass is 10.0. The number of nitrogens with zero attached hydrogens (tertiary/aromatic N) is 2. The fraction of sp³-hybridized carbons (Fsp3) is 0.355. The van der Waals surface area contributed by atoms with Gasteiger partial charge in [0.05, 0.1) is 11.9 Å². The number of halogens is 2. The van der Waals surface area contributed by atoms with Crippen LogP contribution in [-0.4, -0.2) is 50.5 Å². The van der Waals surface area contributed by atoms with Crippen molar-refractivity contribution in [3.05, 3.63) is 99.0 Å². The minimum atomic E-state index is -3.60. The van der Waals surface area contributed by atoms with Crippen molar-refractivity contribution in [1.82, 2.24) is 10.2 Å². The maximum atomic E-state index is 13.9. The molecule has 0 bridgehead atoms. The first-order chi connectivity index (χ1) is 19.4. The third-order valence-corrected chi connectivity index (χ3v) is 8.69. The van der Waals surface area contributed by atoms with E-state index in [1.807, 2.05) is 69.3 Å². The molecule has 0 aliphatic heterocycles. The summed E-state index contributed by atoms with van der Waals surface area (Å²) < 4.78 is 26.8. The summed E-state index contributed by atoms with van der Waals surface area (Å²) in [6.07, 6.45) is 1.72. The summed E-state index contributed by atoms with van der Waals surface area (Å²) in [5, 5.41) is 3.64. The van der Waals surface area contributed by atoms with Gasteiger partial charge in [-0.1, -0.05) is 71.7 Å². The number of likely N-dealkylation sites (N-methyl/N-ethyl adjacent to an activating group) is 1. The van der Waals surface area contributed by atoms with Crippen molar-refractivity contribution < 1.29 is 18.0 Å². The highest BCUT2D eigenvalue weighted by Crippen LogP contribution is 2.28. The average Bonchev–Trinajstić information content (AvgIpc) is 2.91. The lowest BCUT2D eigenvalue weighted by Gasteiger charge is -2.32. The quantitative estimate of drug-likeness (QED) is 0.257. The van der Waals surface area contributed by atoms with Gasteiger partial charge < -0.3 is 10.2 Å². The van der Waals surface area contributed by atoms with Crippen LogP contribution in [0.2, 0.25) is 10.0 Å². The van der Waals surface area contributed by atoms with Gasteiger partial charge >= 0.3 is 0 Å². The topological polar surface area (TPSA) is 86.8 Å². The number of sulfonamides is 1. The highest BCUT2D eigenvalue weighted by molar-refractivity contribution is 7.92. The molecule has 220 valence electrons. The van der Waals surface area contributed by atoms with E-state index in [-0.39, 0.29) is 37.7 Å². The normalized spacial score (nSPS) is 12.0. The molecule has 1 N–H and O–H groups in total. The molecule has 10 heteroatoms. The van der Waals surface area contributed by atoms with Crippen molar-refractivity contribution in [2.24, 2.45) is 0 Å². The number of carbonyl (C=O) groups excluding carboxylic acids is 2. The second-order valence-electron chi connectivity index (χ2n) is 10.1. The van der Waals surface area contributed by atoms with Gasteiger partial charge in [0.1, 0.15) is 6.04 Å². The van der Waals surface area contributed by atoms with E-state index in [2.05, 4.69) is 5.32 Å². The molecule has 0 aliphatic rings. The molecule has 3 aromatic carbocycles. The number of aryl methyl sites for hydroxylation is 2. The molecule has 0 aliphatic carbocycles. The van der Waals surface area contributed by atoms with Crippen LogP contribution in [0.25, 0.3) is 0 Å². The smallest absolute Gasteiger partial charge is 0.243 e. The van der Waals surface area contributed by atoms with E-state index in [0.29, 0.717) is 34.3 Å². The van der Waals surface area contributed by atoms with E-state index in [0.717, 1.165) is 22.9 Å². The number of hydrogen-bond acceptors (Lipinski definition) is 4. The van der Waals surface area contributed by atoms with E-state index in [1.165, 1.54) is 9.21 Å². The van der Waals surface area contributed by atoms with Crippen molar-refractivity contribution in [2.45, 2.75) is 52.6 Å². The summed E-state index contributed by atoms with van der Waals surface area (Å²) in [5.74, 6) is -0.594. The van der Waals surface area contributed by atoms with Crippen LogP contribution in [0.1, 0.15) is 42.0 Å². The second-order valence-corrected chi connectivity index (χ2v) is 12.8. The standard InChI is InChI=1S/C31H37Cl2N3O4S/c1-5-34-31(38)29(20-24-11-7-6-8-12-24)35(21-25-26(32)13-9-14-27(25)33)30(37)15-10-18-36(41(4,39)40)28-19-22(2)16-17-23(28)3/h6-9,11-14,16-17,19,29H,5,10,15,18,20-21H2,1-4H3,(H,34,38). The van der Waals surface area contributed by atoms with Gasteiger partial charge in [-0.3, -0.25) is 13.9 Å². The Hall–Kier alpha value is -3.07. The second kappa shape index (κ2) is 14.7. The highest BCUT2D eigenvalue weighted by Gasteiger charge is 2.31. The lowest BCUT2D eigenvalue weighted by molar-refractivity contribution is -0.141. The Balaban J connectivity index is 1.92. The Bertz CT molecular complexity index is 1450. The third kappa shape index (κ3) is 8.96. The Labute approximate surface area is 253 Å². The van der Waals surface area contributed by atoms with Gasteiger partial charge in [-0.2, -0.15) is 0 Å². The van der Waals surface area contributed by atoms with Crippen LogP contribution in [0.5, 0.6) is 0 Å². The number of carbonyl (C=O) groups is 2. The van der Waals surface area contributed by atoms with Gasteiger partial charge in [0.25, 0.3) is 0 Å². The molecule has 0 radical (unpaired) electrons. The number of rotatable bonds is 13. The van der Waals surface area contributed by atoms with Crippen LogP contribution in [0, 0.1) is 13.8 Å². The van der Waals surface area contributed by atoms with E-state index >= 15 is 0 Å². The van der Waals surface area contributed by atoms with Gasteiger partial charge in [-0.15, -0.1) is 0 Å². The Morgan fingerprint density at radius 1 is 0.951 bits per heavy atom. The van der Waals surface area contributed by atoms with Crippen molar-refractivity contribution in [1.29, 1.82) is 0 Å². The zero-order chi connectivity index (χ0) is 30.2. The van der Waals surface area contributed by atoms with E-state index < -0.39 is 16.1 Å². The Morgan fingerprint density at radius 3 is 2.22 bits per heavy atom. The van der Waals surface area contributed by atoms with Crippen LogP contribution in [-0.2, 0) is 32.6 Å². The zero-order valence-electron chi connectivity index (χ0n) is 23.9. The van der Waals surface area contributed by atoms with Crippen LogP contribution < -0.4 is 9.62 Å². The predicted molar refractivity (Wildman–Crippen MR) is 167 cm³/mol. The van der Waals surface area contributed by atoms with E-state index in [4.69, 9.17) is 23.2 Å². The third-order valence-electron chi connectivity index (χ3n) is 6.80. The minimum absolute atomic E-state index is 0.0175. The monoisotopic (exact) mass is 617 g/mol. The molecule has 3 aromatic rings. The Kier molecular flexibility index (Phi) is 11.6. The van der Waals surface area contributed by atoms with Gasteiger partial charge in [0.15, 0.2) is 0 Å². The molecule has 41 heavy (non-hydrogen) atoms. The summed E-state index contributed by atoms with van der Waals surface area (Å²) in [6.45, 7) is 6.12. The molecule has 2 amide bonds. The fourth-order valence-corrected chi connectivity index (χ4v) is 6.20. The van der Waals surface area contributed by atoms with Crippen LogP contribution >= 0.6 is 23.2 Å². The highest BCUT2D eigenvalue weighted by atomic mass is 35.5. The van der Waals surface area contributed by atoms with Crippen molar-refractivity contribution in [2.75, 3.05) is 23.7 Å². The number of amides is 2. The SMILES string of the molecule is CCNC(=O)C(Cc1ccccc1)N(Cc1c(Cl)cccc1Cl)C(=O)CCCN(c1cc(C)ccc1C)S(C)(=O)=O. The van der Waals surface area contributed by atoms with Gasteiger partial charge in [-0.25, -0.2) is 8.42 Å². The van der Waals surface area contributed by atoms with Crippen LogP contribution in [0.15, 0.2) is 66.7 Å². The van der Waals surface area contributed by atoms with Crippen molar-refractivity contribution in [3.63, 3.8) is 0 Å². The van der Waals surface area contributed by atoms with Gasteiger partial charge in [0, 0.05) is 48.1 Å². The first kappa shape index (κ1) is 32.4. The van der Waals surface area contributed by atoms with Crippen LogP contribution in [0.3, 0.4) is 0 Å². The molecule has 0 saturated carbocycles. The summed E-state index contributed by atoms with van der Waals surface area (Å²) in [5.41, 5.74) is 3.78. The van der Waals surface area contributed by atoms with Crippen molar-refractivity contribution >= 4 is 50.7 Å². The van der Waals surface area contributed by atoms with Gasteiger partial charge in [0.2, 0.25) is 21.8 Å². The average molecular weight is 619 g/mol. The number of nitrogens with one attached hydrogen (secondary N) is 1. The molecule has 0 heterocycles. The lowest BCUT2D eigenvalue weighted by Crippen LogP contribution is -2.50. The number of hydrogen-bond donors (Lipinski definition) is 1. The summed E-state index contributed by atoms with van der Waals surface area (Å²) in [4.78, 5) is 28.8. The molecule has 7 nitrogen and oxygen atoms in total. The molecule has 0 aromatic heterocycles.